The fourth-order valence-corrected chi connectivity index (χ4v) is 4.59. The van der Waals surface area contributed by atoms with Crippen molar-refractivity contribution in [3.05, 3.63) is 52.5 Å². The standard InChI is InChI=1S/C20H22BrF2NO4S/c1-27-19-12-14(2-9-18(19)28-20(22)23)13-24(16-5-6-16)10-11-29(25,26)17-7-3-15(21)4-8-17/h2-4,7-9,12,16,20H,5-6,10-11,13H2,1H3. The predicted molar refractivity (Wildman–Crippen MR) is 109 cm³/mol. The molecule has 2 aromatic rings. The monoisotopic (exact) mass is 489 g/mol. The molecule has 0 atom stereocenters. The second-order valence-electron chi connectivity index (χ2n) is 6.84. The van der Waals surface area contributed by atoms with Crippen molar-refractivity contribution in [2.45, 2.75) is 36.9 Å². The van der Waals surface area contributed by atoms with Gasteiger partial charge in [0, 0.05) is 23.6 Å². The zero-order chi connectivity index (χ0) is 21.0. The van der Waals surface area contributed by atoms with Crippen molar-refractivity contribution in [1.82, 2.24) is 4.90 Å². The van der Waals surface area contributed by atoms with E-state index in [-0.39, 0.29) is 17.3 Å². The molecule has 0 aromatic heterocycles. The van der Waals surface area contributed by atoms with Crippen LogP contribution in [0.3, 0.4) is 0 Å². The molecule has 1 aliphatic carbocycles. The van der Waals surface area contributed by atoms with Gasteiger partial charge < -0.3 is 9.47 Å². The summed E-state index contributed by atoms with van der Waals surface area (Å²) in [7, 11) is -2.00. The Morgan fingerprint density at radius 1 is 1.14 bits per heavy atom. The maximum atomic E-state index is 12.6. The fourth-order valence-electron chi connectivity index (χ4n) is 3.07. The van der Waals surface area contributed by atoms with Crippen molar-refractivity contribution < 1.29 is 26.7 Å². The first kappa shape index (κ1) is 22.0. The van der Waals surface area contributed by atoms with Crippen LogP contribution >= 0.6 is 15.9 Å². The number of rotatable bonds is 10. The van der Waals surface area contributed by atoms with Gasteiger partial charge in [0.15, 0.2) is 21.3 Å². The van der Waals surface area contributed by atoms with E-state index in [1.807, 2.05) is 0 Å². The average Bonchev–Trinajstić information content (AvgIpc) is 3.51. The lowest BCUT2D eigenvalue weighted by molar-refractivity contribution is -0.0512. The highest BCUT2D eigenvalue weighted by Gasteiger charge is 2.30. The van der Waals surface area contributed by atoms with E-state index in [1.165, 1.54) is 13.2 Å². The second-order valence-corrected chi connectivity index (χ2v) is 9.86. The zero-order valence-electron chi connectivity index (χ0n) is 15.9. The van der Waals surface area contributed by atoms with Crippen LogP contribution in [0.4, 0.5) is 8.78 Å². The summed E-state index contributed by atoms with van der Waals surface area (Å²) in [4.78, 5) is 2.41. The Kier molecular flexibility index (Phi) is 7.13. The third kappa shape index (κ3) is 6.13. The van der Waals surface area contributed by atoms with Crippen molar-refractivity contribution in [2.24, 2.45) is 0 Å². The number of nitrogens with zero attached hydrogens (tertiary/aromatic N) is 1. The Balaban J connectivity index is 1.68. The van der Waals surface area contributed by atoms with Gasteiger partial charge in [0.1, 0.15) is 0 Å². The van der Waals surface area contributed by atoms with Crippen molar-refractivity contribution >= 4 is 25.8 Å². The highest BCUT2D eigenvalue weighted by molar-refractivity contribution is 9.10. The molecular weight excluding hydrogens is 468 g/mol. The van der Waals surface area contributed by atoms with E-state index in [9.17, 15) is 17.2 Å². The first-order chi connectivity index (χ1) is 13.8. The Morgan fingerprint density at radius 2 is 1.83 bits per heavy atom. The summed E-state index contributed by atoms with van der Waals surface area (Å²) in [6.45, 7) is -2.03. The second kappa shape index (κ2) is 9.40. The number of halogens is 3. The van der Waals surface area contributed by atoms with Gasteiger partial charge in [-0.1, -0.05) is 22.0 Å². The van der Waals surface area contributed by atoms with Crippen molar-refractivity contribution in [2.75, 3.05) is 19.4 Å². The first-order valence-electron chi connectivity index (χ1n) is 9.12. The summed E-state index contributed by atoms with van der Waals surface area (Å²) < 4.78 is 60.7. The summed E-state index contributed by atoms with van der Waals surface area (Å²) in [5, 5.41) is 0. The van der Waals surface area contributed by atoms with Crippen LogP contribution in [0.5, 0.6) is 11.5 Å². The van der Waals surface area contributed by atoms with E-state index < -0.39 is 16.4 Å². The molecule has 0 unspecified atom stereocenters. The van der Waals surface area contributed by atoms with Gasteiger partial charge in [-0.25, -0.2) is 8.42 Å². The topological polar surface area (TPSA) is 55.8 Å². The molecule has 2 aromatic carbocycles. The van der Waals surface area contributed by atoms with Crippen molar-refractivity contribution in [1.29, 1.82) is 0 Å². The zero-order valence-corrected chi connectivity index (χ0v) is 18.3. The summed E-state index contributed by atoms with van der Waals surface area (Å²) >= 11 is 3.30. The van der Waals surface area contributed by atoms with Crippen LogP contribution < -0.4 is 9.47 Å². The number of benzene rings is 2. The SMILES string of the molecule is COc1cc(CN(CCS(=O)(=O)c2ccc(Br)cc2)C2CC2)ccc1OC(F)F. The molecule has 0 spiro atoms. The quantitative estimate of drug-likeness (QED) is 0.491. The minimum Gasteiger partial charge on any atom is -0.493 e. The number of sulfone groups is 1. The Labute approximate surface area is 177 Å². The van der Waals surface area contributed by atoms with Gasteiger partial charge in [0.25, 0.3) is 0 Å². The van der Waals surface area contributed by atoms with Gasteiger partial charge in [-0.3, -0.25) is 4.90 Å². The molecule has 0 aliphatic heterocycles. The van der Waals surface area contributed by atoms with Crippen LogP contribution in [0, 0.1) is 0 Å². The van der Waals surface area contributed by atoms with E-state index in [0.717, 1.165) is 22.9 Å². The molecule has 1 aliphatic rings. The van der Waals surface area contributed by atoms with Crippen molar-refractivity contribution in [3.63, 3.8) is 0 Å². The lowest BCUT2D eigenvalue weighted by Gasteiger charge is -2.22. The Hall–Kier alpha value is -1.71. The minimum atomic E-state index is -3.39. The van der Waals surface area contributed by atoms with Gasteiger partial charge in [-0.2, -0.15) is 8.78 Å². The van der Waals surface area contributed by atoms with E-state index in [2.05, 4.69) is 25.6 Å². The van der Waals surface area contributed by atoms with E-state index in [0.29, 0.717) is 24.0 Å². The average molecular weight is 490 g/mol. The fraction of sp³-hybridized carbons (Fsp3) is 0.400. The van der Waals surface area contributed by atoms with E-state index in [1.54, 1.807) is 36.4 Å². The molecule has 9 heteroatoms. The van der Waals surface area contributed by atoms with Gasteiger partial charge >= 0.3 is 6.61 Å². The smallest absolute Gasteiger partial charge is 0.387 e. The molecule has 29 heavy (non-hydrogen) atoms. The molecule has 0 radical (unpaired) electrons. The molecule has 158 valence electrons. The van der Waals surface area contributed by atoms with Crippen molar-refractivity contribution in [3.8, 4) is 11.5 Å². The Morgan fingerprint density at radius 3 is 2.41 bits per heavy atom. The summed E-state index contributed by atoms with van der Waals surface area (Å²) in [5.41, 5.74) is 0.844. The molecule has 0 bridgehead atoms. The number of methoxy groups -OCH3 is 1. The largest absolute Gasteiger partial charge is 0.493 e. The van der Waals surface area contributed by atoms with Crippen LogP contribution in [0.15, 0.2) is 51.8 Å². The maximum absolute atomic E-state index is 12.6. The van der Waals surface area contributed by atoms with Crippen LogP contribution in [0.25, 0.3) is 0 Å². The summed E-state index contributed by atoms with van der Waals surface area (Å²) in [6.07, 6.45) is 2.03. The molecule has 5 nitrogen and oxygen atoms in total. The van der Waals surface area contributed by atoms with Crippen LogP contribution in [-0.4, -0.2) is 45.4 Å². The molecule has 1 saturated carbocycles. The predicted octanol–water partition coefficient (Wildman–Crippen LogP) is 4.50. The van der Waals surface area contributed by atoms with Gasteiger partial charge in [-0.15, -0.1) is 0 Å². The normalized spacial score (nSPS) is 14.4. The first-order valence-corrected chi connectivity index (χ1v) is 11.6. The molecular formula is C20H22BrF2NO4S. The lowest BCUT2D eigenvalue weighted by atomic mass is 10.2. The third-order valence-corrected chi connectivity index (χ3v) is 6.95. The van der Waals surface area contributed by atoms with E-state index in [4.69, 9.17) is 4.74 Å². The van der Waals surface area contributed by atoms with Gasteiger partial charge in [0.2, 0.25) is 0 Å². The van der Waals surface area contributed by atoms with Crippen LogP contribution in [0.2, 0.25) is 0 Å². The maximum Gasteiger partial charge on any atom is 0.387 e. The van der Waals surface area contributed by atoms with Gasteiger partial charge in [-0.05, 0) is 54.8 Å². The van der Waals surface area contributed by atoms with Crippen LogP contribution in [0.1, 0.15) is 18.4 Å². The summed E-state index contributed by atoms with van der Waals surface area (Å²) in [6, 6.07) is 11.7. The Bertz CT molecular complexity index is 934. The molecule has 0 saturated heterocycles. The number of hydrogen-bond donors (Lipinski definition) is 0. The molecule has 0 heterocycles. The molecule has 1 fully saturated rings. The third-order valence-electron chi connectivity index (χ3n) is 4.71. The highest BCUT2D eigenvalue weighted by atomic mass is 79.9. The molecule has 0 N–H and O–H groups in total. The number of hydrogen-bond acceptors (Lipinski definition) is 5. The number of alkyl halides is 2. The summed E-state index contributed by atoms with van der Waals surface area (Å²) in [5.74, 6) is 0.206. The molecule has 3 rings (SSSR count). The lowest BCUT2D eigenvalue weighted by Crippen LogP contribution is -2.31. The molecule has 0 amide bonds. The highest BCUT2D eigenvalue weighted by Crippen LogP contribution is 2.32. The van der Waals surface area contributed by atoms with E-state index >= 15 is 0 Å². The van der Waals surface area contributed by atoms with Crippen LogP contribution in [-0.2, 0) is 16.4 Å². The van der Waals surface area contributed by atoms with Gasteiger partial charge in [0.05, 0.1) is 17.8 Å². The minimum absolute atomic E-state index is 0.00877. The number of ether oxygens (including phenoxy) is 2.